The standard InChI is InChI=1S/C15H18N2O4/c1-3-6-21-14-8-16-11(7-13(14)18)9-17-10(2)4-5-12(17)15(19)20/h4-5,7-8H,3,6,9H2,1-2H3,(H,16,18)(H,19,20). The average molecular weight is 290 g/mol. The summed E-state index contributed by atoms with van der Waals surface area (Å²) in [7, 11) is 0. The Morgan fingerprint density at radius 2 is 2.19 bits per heavy atom. The summed E-state index contributed by atoms with van der Waals surface area (Å²) < 4.78 is 6.96. The lowest BCUT2D eigenvalue weighted by Crippen LogP contribution is -2.15. The van der Waals surface area contributed by atoms with E-state index in [4.69, 9.17) is 9.84 Å². The lowest BCUT2D eigenvalue weighted by Gasteiger charge is -2.10. The zero-order valence-electron chi connectivity index (χ0n) is 12.0. The Balaban J connectivity index is 2.25. The quantitative estimate of drug-likeness (QED) is 0.852. The van der Waals surface area contributed by atoms with E-state index in [1.54, 1.807) is 16.7 Å². The molecule has 0 saturated heterocycles. The third kappa shape index (κ3) is 3.34. The van der Waals surface area contributed by atoms with Crippen molar-refractivity contribution in [1.29, 1.82) is 0 Å². The van der Waals surface area contributed by atoms with Gasteiger partial charge in [-0.25, -0.2) is 4.79 Å². The van der Waals surface area contributed by atoms with E-state index < -0.39 is 5.97 Å². The number of aromatic carboxylic acids is 1. The van der Waals surface area contributed by atoms with Crippen LogP contribution < -0.4 is 10.2 Å². The number of pyridine rings is 1. The molecule has 0 aliphatic carbocycles. The molecule has 21 heavy (non-hydrogen) atoms. The molecule has 0 amide bonds. The van der Waals surface area contributed by atoms with Crippen molar-refractivity contribution in [1.82, 2.24) is 9.55 Å². The summed E-state index contributed by atoms with van der Waals surface area (Å²) in [5, 5.41) is 9.14. The zero-order valence-corrected chi connectivity index (χ0v) is 12.0. The maximum Gasteiger partial charge on any atom is 0.352 e. The van der Waals surface area contributed by atoms with E-state index in [2.05, 4.69) is 4.98 Å². The van der Waals surface area contributed by atoms with Crippen molar-refractivity contribution in [3.63, 3.8) is 0 Å². The van der Waals surface area contributed by atoms with Gasteiger partial charge in [-0.15, -0.1) is 0 Å². The Morgan fingerprint density at radius 3 is 2.81 bits per heavy atom. The average Bonchev–Trinajstić information content (AvgIpc) is 2.79. The van der Waals surface area contributed by atoms with E-state index in [0.29, 0.717) is 18.8 Å². The molecule has 6 heteroatoms. The van der Waals surface area contributed by atoms with Crippen molar-refractivity contribution in [2.45, 2.75) is 26.8 Å². The first kappa shape index (κ1) is 14.9. The van der Waals surface area contributed by atoms with E-state index in [-0.39, 0.29) is 16.9 Å². The minimum Gasteiger partial charge on any atom is -0.488 e. The number of aromatic amines is 1. The number of ether oxygens (including phenoxy) is 1. The molecule has 2 aromatic rings. The highest BCUT2D eigenvalue weighted by atomic mass is 16.5. The smallest absolute Gasteiger partial charge is 0.352 e. The van der Waals surface area contributed by atoms with Crippen LogP contribution in [0.1, 0.15) is 35.2 Å². The first-order valence-electron chi connectivity index (χ1n) is 6.76. The number of carbonyl (C=O) groups is 1. The third-order valence-electron chi connectivity index (χ3n) is 3.15. The molecular formula is C15H18N2O4. The summed E-state index contributed by atoms with van der Waals surface area (Å²) in [6.07, 6.45) is 2.35. The lowest BCUT2D eigenvalue weighted by atomic mass is 10.3. The van der Waals surface area contributed by atoms with Gasteiger partial charge in [0.2, 0.25) is 5.43 Å². The van der Waals surface area contributed by atoms with Gasteiger partial charge >= 0.3 is 5.97 Å². The van der Waals surface area contributed by atoms with Crippen LogP contribution in [0.4, 0.5) is 0 Å². The number of H-pyrrole nitrogens is 1. The summed E-state index contributed by atoms with van der Waals surface area (Å²) >= 11 is 0. The van der Waals surface area contributed by atoms with Gasteiger partial charge in [0.05, 0.1) is 13.2 Å². The summed E-state index contributed by atoms with van der Waals surface area (Å²) in [4.78, 5) is 26.0. The molecule has 2 N–H and O–H groups in total. The Kier molecular flexibility index (Phi) is 4.47. The summed E-state index contributed by atoms with van der Waals surface area (Å²) in [5.41, 5.74) is 1.43. The number of hydrogen-bond acceptors (Lipinski definition) is 3. The largest absolute Gasteiger partial charge is 0.488 e. The Morgan fingerprint density at radius 1 is 1.43 bits per heavy atom. The Labute approximate surface area is 122 Å². The van der Waals surface area contributed by atoms with Crippen LogP contribution in [-0.4, -0.2) is 27.2 Å². The minimum atomic E-state index is -0.992. The van der Waals surface area contributed by atoms with Crippen LogP contribution in [0.15, 0.2) is 29.2 Å². The fraction of sp³-hybridized carbons (Fsp3) is 0.333. The molecule has 112 valence electrons. The monoisotopic (exact) mass is 290 g/mol. The molecule has 2 rings (SSSR count). The number of aryl methyl sites for hydroxylation is 1. The molecule has 2 aromatic heterocycles. The van der Waals surface area contributed by atoms with Crippen LogP contribution in [0.25, 0.3) is 0 Å². The molecule has 0 atom stereocenters. The van der Waals surface area contributed by atoms with E-state index in [0.717, 1.165) is 12.1 Å². The molecule has 6 nitrogen and oxygen atoms in total. The second-order valence-corrected chi connectivity index (χ2v) is 4.79. The van der Waals surface area contributed by atoms with Gasteiger partial charge in [0.15, 0.2) is 5.75 Å². The van der Waals surface area contributed by atoms with Gasteiger partial charge in [0.25, 0.3) is 0 Å². The second kappa shape index (κ2) is 6.30. The van der Waals surface area contributed by atoms with Gasteiger partial charge in [-0.2, -0.15) is 0 Å². The fourth-order valence-electron chi connectivity index (χ4n) is 2.05. The van der Waals surface area contributed by atoms with Gasteiger partial charge in [-0.1, -0.05) is 6.92 Å². The van der Waals surface area contributed by atoms with Crippen molar-refractivity contribution in [3.05, 3.63) is 51.7 Å². The number of hydrogen-bond donors (Lipinski definition) is 2. The maximum atomic E-state index is 11.9. The molecule has 0 fully saturated rings. The highest BCUT2D eigenvalue weighted by Gasteiger charge is 2.12. The molecule has 2 heterocycles. The predicted molar refractivity (Wildman–Crippen MR) is 78.1 cm³/mol. The summed E-state index contributed by atoms with van der Waals surface area (Å²) in [6, 6.07) is 4.73. The van der Waals surface area contributed by atoms with Crippen LogP contribution in [-0.2, 0) is 6.54 Å². The molecule has 0 spiro atoms. The maximum absolute atomic E-state index is 11.9. The first-order chi connectivity index (χ1) is 10.0. The molecule has 0 aliphatic heterocycles. The normalized spacial score (nSPS) is 10.6. The van der Waals surface area contributed by atoms with Crippen molar-refractivity contribution >= 4 is 5.97 Å². The SMILES string of the molecule is CCCOc1c[nH]c(Cn2c(C)ccc2C(=O)O)cc1=O. The molecule has 0 bridgehead atoms. The van der Waals surface area contributed by atoms with Crippen molar-refractivity contribution in [2.24, 2.45) is 0 Å². The number of carboxylic acids is 1. The van der Waals surface area contributed by atoms with Crippen LogP contribution in [0.3, 0.4) is 0 Å². The zero-order chi connectivity index (χ0) is 15.4. The van der Waals surface area contributed by atoms with E-state index in [1.807, 2.05) is 13.8 Å². The number of nitrogens with one attached hydrogen (secondary N) is 1. The minimum absolute atomic E-state index is 0.194. The van der Waals surface area contributed by atoms with Gasteiger partial charge < -0.3 is 19.4 Å². The van der Waals surface area contributed by atoms with Crippen molar-refractivity contribution in [3.8, 4) is 5.75 Å². The number of aromatic nitrogens is 2. The van der Waals surface area contributed by atoms with E-state index in [9.17, 15) is 9.59 Å². The van der Waals surface area contributed by atoms with Gasteiger partial charge in [-0.05, 0) is 25.5 Å². The highest BCUT2D eigenvalue weighted by molar-refractivity contribution is 5.86. The molecule has 0 unspecified atom stereocenters. The van der Waals surface area contributed by atoms with Crippen LogP contribution in [0, 0.1) is 6.92 Å². The third-order valence-corrected chi connectivity index (χ3v) is 3.15. The van der Waals surface area contributed by atoms with Crippen LogP contribution in [0.5, 0.6) is 5.75 Å². The molecule has 0 saturated carbocycles. The number of nitrogens with zero attached hydrogens (tertiary/aromatic N) is 1. The van der Waals surface area contributed by atoms with Gasteiger partial charge in [-0.3, -0.25) is 4.79 Å². The summed E-state index contributed by atoms with van der Waals surface area (Å²) in [6.45, 7) is 4.57. The van der Waals surface area contributed by atoms with Gasteiger partial charge in [0, 0.05) is 23.7 Å². The molecule has 0 aliphatic rings. The Bertz CT molecular complexity index is 700. The van der Waals surface area contributed by atoms with Crippen LogP contribution in [0.2, 0.25) is 0 Å². The van der Waals surface area contributed by atoms with Crippen LogP contribution >= 0.6 is 0 Å². The summed E-state index contributed by atoms with van der Waals surface area (Å²) in [5.74, 6) is -0.711. The topological polar surface area (TPSA) is 84.3 Å². The molecule has 0 radical (unpaired) electrons. The Hall–Kier alpha value is -2.50. The molecule has 0 aromatic carbocycles. The predicted octanol–water partition coefficient (Wildman–Crippen LogP) is 2.02. The van der Waals surface area contributed by atoms with Crippen molar-refractivity contribution in [2.75, 3.05) is 6.61 Å². The fourth-order valence-corrected chi connectivity index (χ4v) is 2.05. The lowest BCUT2D eigenvalue weighted by molar-refractivity contribution is 0.0685. The van der Waals surface area contributed by atoms with Gasteiger partial charge in [0.1, 0.15) is 5.69 Å². The van der Waals surface area contributed by atoms with E-state index in [1.165, 1.54) is 12.3 Å². The number of rotatable bonds is 6. The first-order valence-corrected chi connectivity index (χ1v) is 6.76. The molecular weight excluding hydrogens is 272 g/mol. The second-order valence-electron chi connectivity index (χ2n) is 4.79. The van der Waals surface area contributed by atoms with Crippen molar-refractivity contribution < 1.29 is 14.6 Å². The van der Waals surface area contributed by atoms with E-state index >= 15 is 0 Å². The highest BCUT2D eigenvalue weighted by Crippen LogP contribution is 2.11. The number of carboxylic acid groups (broad SMARTS) is 1.